The second-order valence-electron chi connectivity index (χ2n) is 9.69. The highest BCUT2D eigenvalue weighted by molar-refractivity contribution is 8.02. The average molecular weight is 474 g/mol. The summed E-state index contributed by atoms with van der Waals surface area (Å²) in [4.78, 5) is 42.3. The number of rotatable bonds is 9. The summed E-state index contributed by atoms with van der Waals surface area (Å²) in [6.07, 6.45) is 4.44. The summed E-state index contributed by atoms with van der Waals surface area (Å²) in [5.41, 5.74) is 0.788. The molecule has 3 N–H and O–H groups in total. The van der Waals surface area contributed by atoms with Crippen molar-refractivity contribution in [3.63, 3.8) is 0 Å². The second kappa shape index (κ2) is 9.29. The number of fused-ring (bicyclic) bond motifs is 1. The van der Waals surface area contributed by atoms with Gasteiger partial charge in [-0.2, -0.15) is 0 Å². The first-order valence-corrected chi connectivity index (χ1v) is 12.8. The number of amides is 3. The molecule has 3 heterocycles. The lowest BCUT2D eigenvalue weighted by Gasteiger charge is -2.37. The van der Waals surface area contributed by atoms with Gasteiger partial charge < -0.3 is 20.6 Å². The van der Waals surface area contributed by atoms with Gasteiger partial charge in [0.05, 0.1) is 29.2 Å². The van der Waals surface area contributed by atoms with Crippen LogP contribution >= 0.6 is 11.8 Å². The van der Waals surface area contributed by atoms with Crippen LogP contribution in [0.25, 0.3) is 0 Å². The predicted molar refractivity (Wildman–Crippen MR) is 128 cm³/mol. The van der Waals surface area contributed by atoms with Crippen LogP contribution in [0, 0.1) is 11.8 Å². The van der Waals surface area contributed by atoms with Crippen molar-refractivity contribution in [2.24, 2.45) is 11.8 Å². The smallest absolute Gasteiger partial charge is 0.244 e. The molecule has 3 amide bonds. The lowest BCUT2D eigenvalue weighted by molar-refractivity contribution is -0.143. The number of hydrogen-bond acceptors (Lipinski definition) is 5. The largest absolute Gasteiger partial charge is 0.394 e. The van der Waals surface area contributed by atoms with Gasteiger partial charge in [-0.15, -0.1) is 11.8 Å². The minimum Gasteiger partial charge on any atom is -0.394 e. The molecule has 1 aromatic carbocycles. The normalized spacial score (nSPS) is 33.2. The van der Waals surface area contributed by atoms with Crippen molar-refractivity contribution in [3.8, 4) is 0 Å². The Morgan fingerprint density at radius 2 is 1.94 bits per heavy atom. The molecule has 3 fully saturated rings. The molecule has 0 radical (unpaired) electrons. The van der Waals surface area contributed by atoms with Gasteiger partial charge in [0.15, 0.2) is 0 Å². The highest BCUT2D eigenvalue weighted by Crippen LogP contribution is 2.71. The van der Waals surface area contributed by atoms with E-state index < -0.39 is 28.7 Å². The highest BCUT2D eigenvalue weighted by Gasteiger charge is 2.77. The summed E-state index contributed by atoms with van der Waals surface area (Å²) in [5.74, 6) is -1.59. The molecule has 2 bridgehead atoms. The van der Waals surface area contributed by atoms with Gasteiger partial charge in [-0.25, -0.2) is 0 Å². The van der Waals surface area contributed by atoms with E-state index in [1.807, 2.05) is 30.3 Å². The maximum Gasteiger partial charge on any atom is 0.244 e. The average Bonchev–Trinajstić information content (AvgIpc) is 3.38. The second-order valence-corrected chi connectivity index (χ2v) is 11.6. The van der Waals surface area contributed by atoms with Crippen LogP contribution in [0.5, 0.6) is 0 Å². The highest BCUT2D eigenvalue weighted by atomic mass is 32.2. The van der Waals surface area contributed by atoms with E-state index in [0.29, 0.717) is 13.0 Å². The van der Waals surface area contributed by atoms with Gasteiger partial charge in [0.1, 0.15) is 6.04 Å². The number of carbonyl (C=O) groups is 3. The van der Waals surface area contributed by atoms with E-state index in [-0.39, 0.29) is 29.1 Å². The number of nitrogens with one attached hydrogen (secondary N) is 2. The fourth-order valence-corrected chi connectivity index (χ4v) is 8.61. The van der Waals surface area contributed by atoms with E-state index in [0.717, 1.165) is 31.2 Å². The van der Waals surface area contributed by atoms with Crippen LogP contribution in [0.2, 0.25) is 0 Å². The molecule has 7 nitrogen and oxygen atoms in total. The molecule has 33 heavy (non-hydrogen) atoms. The zero-order chi connectivity index (χ0) is 23.8. The van der Waals surface area contributed by atoms with Crippen LogP contribution in [0.1, 0.15) is 57.6 Å². The Morgan fingerprint density at radius 3 is 2.58 bits per heavy atom. The van der Waals surface area contributed by atoms with Gasteiger partial charge in [-0.1, -0.05) is 50.1 Å². The number of nitrogens with zero attached hydrogens (tertiary/aromatic N) is 1. The number of likely N-dealkylation sites (tertiary alicyclic amines) is 1. The quantitative estimate of drug-likeness (QED) is 0.478. The maximum atomic E-state index is 14.1. The summed E-state index contributed by atoms with van der Waals surface area (Å²) >= 11 is 1.65. The molecule has 4 rings (SSSR count). The molecule has 6 atom stereocenters. The molecular formula is C25H35N3O4S. The van der Waals surface area contributed by atoms with Crippen molar-refractivity contribution < 1.29 is 19.5 Å². The third kappa shape index (κ3) is 3.75. The molecule has 3 aliphatic heterocycles. The van der Waals surface area contributed by atoms with Crippen LogP contribution in [0.15, 0.2) is 30.3 Å². The number of aliphatic hydroxyl groups is 1. The molecule has 0 aromatic heterocycles. The van der Waals surface area contributed by atoms with Crippen LogP contribution < -0.4 is 10.6 Å². The Kier molecular flexibility index (Phi) is 6.78. The fraction of sp³-hybridized carbons (Fsp3) is 0.640. The third-order valence-corrected chi connectivity index (χ3v) is 9.75. The molecule has 8 heteroatoms. The first kappa shape index (κ1) is 24.1. The van der Waals surface area contributed by atoms with Crippen molar-refractivity contribution in [1.29, 1.82) is 0 Å². The Hall–Kier alpha value is -2.06. The molecule has 3 saturated heterocycles. The topological polar surface area (TPSA) is 98.7 Å². The molecule has 2 unspecified atom stereocenters. The minimum absolute atomic E-state index is 0.144. The van der Waals surface area contributed by atoms with Crippen molar-refractivity contribution in [1.82, 2.24) is 15.5 Å². The first-order valence-electron chi connectivity index (χ1n) is 12.0. The molecule has 1 aromatic rings. The fourth-order valence-electron chi connectivity index (χ4n) is 6.27. The lowest BCUT2D eigenvalue weighted by atomic mass is 9.66. The zero-order valence-corrected chi connectivity index (χ0v) is 20.5. The van der Waals surface area contributed by atoms with Crippen LogP contribution in [0.3, 0.4) is 0 Å². The first-order chi connectivity index (χ1) is 15.8. The number of carbonyl (C=O) groups excluding carboxylic acids is 3. The number of thioether (sulfide) groups is 1. The van der Waals surface area contributed by atoms with Gasteiger partial charge in [-0.05, 0) is 31.7 Å². The SMILES string of the molecule is CCCCCNC(=O)C1N([C@H](CO)c2ccccc2)C(=O)[C@@H]2[C@H](C(=O)NC)[C@]3(C)CCC12S3. The predicted octanol–water partition coefficient (Wildman–Crippen LogP) is 2.25. The standard InChI is InChI=1S/C25H35N3O4S/c1-4-5-9-14-27-22(31)20-25-13-12-24(2,33-25)18(21(30)26-3)19(25)23(32)28(20)17(15-29)16-10-7-6-8-11-16/h6-8,10-11,17-20,29H,4-5,9,12-15H2,1-3H3,(H,26,30)(H,27,31)/t17-,18-,19+,20?,24+,25?/m1/s1. The number of unbranched alkanes of at least 4 members (excludes halogenated alkanes) is 2. The molecule has 0 aliphatic carbocycles. The van der Waals surface area contributed by atoms with E-state index in [1.54, 1.807) is 23.7 Å². The summed E-state index contributed by atoms with van der Waals surface area (Å²) in [6.45, 7) is 4.44. The number of aliphatic hydroxyl groups excluding tert-OH is 1. The molecule has 180 valence electrons. The van der Waals surface area contributed by atoms with Gasteiger partial charge in [0, 0.05) is 18.3 Å². The van der Waals surface area contributed by atoms with E-state index in [2.05, 4.69) is 24.5 Å². The third-order valence-electron chi connectivity index (χ3n) is 7.76. The molecule has 0 saturated carbocycles. The zero-order valence-electron chi connectivity index (χ0n) is 19.7. The van der Waals surface area contributed by atoms with Crippen LogP contribution in [-0.2, 0) is 14.4 Å². The van der Waals surface area contributed by atoms with Crippen molar-refractivity contribution in [2.75, 3.05) is 20.2 Å². The van der Waals surface area contributed by atoms with Crippen LogP contribution in [0.4, 0.5) is 0 Å². The van der Waals surface area contributed by atoms with E-state index in [9.17, 15) is 19.5 Å². The van der Waals surface area contributed by atoms with E-state index >= 15 is 0 Å². The van der Waals surface area contributed by atoms with Gasteiger partial charge in [-0.3, -0.25) is 14.4 Å². The summed E-state index contributed by atoms with van der Waals surface area (Å²) in [6, 6.07) is 8.00. The summed E-state index contributed by atoms with van der Waals surface area (Å²) in [5, 5.41) is 16.2. The number of hydrogen-bond donors (Lipinski definition) is 3. The molecular weight excluding hydrogens is 438 g/mol. The van der Waals surface area contributed by atoms with E-state index in [1.165, 1.54) is 0 Å². The maximum absolute atomic E-state index is 14.1. The Balaban J connectivity index is 1.76. The van der Waals surface area contributed by atoms with Crippen molar-refractivity contribution >= 4 is 29.5 Å². The van der Waals surface area contributed by atoms with Crippen LogP contribution in [-0.4, -0.2) is 63.5 Å². The molecule has 1 spiro atoms. The van der Waals surface area contributed by atoms with Crippen molar-refractivity contribution in [3.05, 3.63) is 35.9 Å². The van der Waals surface area contributed by atoms with Gasteiger partial charge in [0.2, 0.25) is 17.7 Å². The van der Waals surface area contributed by atoms with Gasteiger partial charge in [0.25, 0.3) is 0 Å². The van der Waals surface area contributed by atoms with E-state index in [4.69, 9.17) is 0 Å². The Morgan fingerprint density at radius 1 is 1.21 bits per heavy atom. The molecule has 3 aliphatic rings. The van der Waals surface area contributed by atoms with Crippen molar-refractivity contribution in [2.45, 2.75) is 67.5 Å². The minimum atomic E-state index is -0.726. The summed E-state index contributed by atoms with van der Waals surface area (Å²) in [7, 11) is 1.60. The Labute approximate surface area is 200 Å². The monoisotopic (exact) mass is 473 g/mol. The summed E-state index contributed by atoms with van der Waals surface area (Å²) < 4.78 is -1.05. The van der Waals surface area contributed by atoms with Gasteiger partial charge >= 0.3 is 0 Å². The lowest BCUT2D eigenvalue weighted by Crippen LogP contribution is -2.54. The Bertz CT molecular complexity index is 912. The number of benzene rings is 1.